The fourth-order valence-electron chi connectivity index (χ4n) is 3.72. The van der Waals surface area contributed by atoms with Crippen molar-refractivity contribution in [2.75, 3.05) is 0 Å². The van der Waals surface area contributed by atoms with Gasteiger partial charge in [-0.15, -0.1) is 0 Å². The molecule has 0 aliphatic carbocycles. The number of benzene rings is 1. The molecule has 0 spiro atoms. The molecule has 4 rings (SSSR count). The minimum atomic E-state index is 0.715. The van der Waals surface area contributed by atoms with E-state index in [4.69, 9.17) is 10.1 Å². The lowest BCUT2D eigenvalue weighted by Crippen LogP contribution is -2.05. The Labute approximate surface area is 172 Å². The summed E-state index contributed by atoms with van der Waals surface area (Å²) in [6.07, 6.45) is 4.39. The van der Waals surface area contributed by atoms with Crippen LogP contribution in [0.1, 0.15) is 39.3 Å². The van der Waals surface area contributed by atoms with Crippen LogP contribution < -0.4 is 0 Å². The third kappa shape index (κ3) is 3.46. The zero-order valence-electron chi connectivity index (χ0n) is 17.7. The molecule has 0 amide bonds. The summed E-state index contributed by atoms with van der Waals surface area (Å²) < 4.78 is 2.03. The van der Waals surface area contributed by atoms with Gasteiger partial charge in [-0.3, -0.25) is 9.97 Å². The second kappa shape index (κ2) is 7.63. The van der Waals surface area contributed by atoms with Gasteiger partial charge in [-0.05, 0) is 81.1 Å². The molecular weight excluding hydrogens is 356 g/mol. The van der Waals surface area contributed by atoms with Crippen molar-refractivity contribution in [2.24, 2.45) is 0 Å². The standard InChI is InChI=1S/C25H26N4/c1-16-17(2)23(27-25(18(16)3)21-10-9-13-26-15-21)14-24-19(4)20(5)29(28-24)22-11-7-6-8-12-22/h6-13,15H,14H2,1-5H3. The van der Waals surface area contributed by atoms with Gasteiger partial charge in [0.25, 0.3) is 0 Å². The number of aromatic nitrogens is 4. The number of nitrogens with zero attached hydrogens (tertiary/aromatic N) is 4. The molecule has 0 radical (unpaired) electrons. The molecule has 3 heterocycles. The first-order valence-corrected chi connectivity index (χ1v) is 9.95. The lowest BCUT2D eigenvalue weighted by Gasteiger charge is -2.15. The maximum absolute atomic E-state index is 5.06. The van der Waals surface area contributed by atoms with E-state index >= 15 is 0 Å². The minimum absolute atomic E-state index is 0.715. The van der Waals surface area contributed by atoms with Crippen LogP contribution in [0.4, 0.5) is 0 Å². The van der Waals surface area contributed by atoms with E-state index in [9.17, 15) is 0 Å². The Kier molecular flexibility index (Phi) is 5.01. The van der Waals surface area contributed by atoms with Crippen molar-refractivity contribution in [1.29, 1.82) is 0 Å². The van der Waals surface area contributed by atoms with Crippen LogP contribution in [0.25, 0.3) is 16.9 Å². The molecule has 0 aliphatic heterocycles. The molecule has 0 saturated heterocycles. The first kappa shape index (κ1) is 19.1. The Morgan fingerprint density at radius 1 is 0.759 bits per heavy atom. The monoisotopic (exact) mass is 382 g/mol. The molecule has 3 aromatic heterocycles. The molecule has 4 nitrogen and oxygen atoms in total. The Balaban J connectivity index is 1.79. The molecule has 4 heteroatoms. The predicted molar refractivity (Wildman–Crippen MR) is 118 cm³/mol. The van der Waals surface area contributed by atoms with Crippen LogP contribution in [0.5, 0.6) is 0 Å². The van der Waals surface area contributed by atoms with Crippen LogP contribution >= 0.6 is 0 Å². The number of rotatable bonds is 4. The zero-order valence-corrected chi connectivity index (χ0v) is 17.7. The number of para-hydroxylation sites is 1. The van der Waals surface area contributed by atoms with Gasteiger partial charge >= 0.3 is 0 Å². The predicted octanol–water partition coefficient (Wildman–Crippen LogP) is 5.46. The molecule has 0 unspecified atom stereocenters. The van der Waals surface area contributed by atoms with Gasteiger partial charge in [0.1, 0.15) is 0 Å². The van der Waals surface area contributed by atoms with Crippen LogP contribution in [0.15, 0.2) is 54.9 Å². The van der Waals surface area contributed by atoms with Crippen molar-refractivity contribution in [2.45, 2.75) is 41.0 Å². The SMILES string of the molecule is Cc1c(Cc2nn(-c3ccccc3)c(C)c2C)nc(-c2cccnc2)c(C)c1C. The summed E-state index contributed by atoms with van der Waals surface area (Å²) in [7, 11) is 0. The van der Waals surface area contributed by atoms with Gasteiger partial charge in [0, 0.05) is 30.1 Å². The molecule has 0 atom stereocenters. The third-order valence-corrected chi connectivity index (χ3v) is 5.94. The van der Waals surface area contributed by atoms with Crippen molar-refractivity contribution in [1.82, 2.24) is 19.7 Å². The average molecular weight is 383 g/mol. The van der Waals surface area contributed by atoms with Crippen molar-refractivity contribution in [3.8, 4) is 16.9 Å². The maximum atomic E-state index is 5.06. The molecule has 4 aromatic rings. The van der Waals surface area contributed by atoms with E-state index < -0.39 is 0 Å². The molecule has 29 heavy (non-hydrogen) atoms. The first-order chi connectivity index (χ1) is 14.0. The van der Waals surface area contributed by atoms with Gasteiger partial charge in [-0.25, -0.2) is 4.68 Å². The largest absolute Gasteiger partial charge is 0.264 e. The molecule has 146 valence electrons. The van der Waals surface area contributed by atoms with Gasteiger partial charge < -0.3 is 0 Å². The smallest absolute Gasteiger partial charge is 0.0752 e. The Morgan fingerprint density at radius 3 is 2.21 bits per heavy atom. The van der Waals surface area contributed by atoms with Crippen molar-refractivity contribution in [3.63, 3.8) is 0 Å². The van der Waals surface area contributed by atoms with E-state index in [1.165, 1.54) is 27.9 Å². The summed E-state index contributed by atoms with van der Waals surface area (Å²) in [5.41, 5.74) is 11.4. The van der Waals surface area contributed by atoms with Gasteiger partial charge in [0.05, 0.1) is 22.8 Å². The molecule has 0 N–H and O–H groups in total. The average Bonchev–Trinajstić information content (AvgIpc) is 3.04. The molecule has 0 bridgehead atoms. The molecule has 0 saturated carbocycles. The van der Waals surface area contributed by atoms with Crippen LogP contribution in [-0.4, -0.2) is 19.7 Å². The number of hydrogen-bond acceptors (Lipinski definition) is 3. The van der Waals surface area contributed by atoms with Gasteiger partial charge in [-0.2, -0.15) is 5.10 Å². The van der Waals surface area contributed by atoms with Crippen molar-refractivity contribution < 1.29 is 0 Å². The summed E-state index contributed by atoms with van der Waals surface area (Å²) in [6, 6.07) is 14.3. The van der Waals surface area contributed by atoms with Crippen LogP contribution in [0.2, 0.25) is 0 Å². The van der Waals surface area contributed by atoms with E-state index in [2.05, 4.69) is 57.8 Å². The van der Waals surface area contributed by atoms with Crippen molar-refractivity contribution in [3.05, 3.63) is 94.2 Å². The van der Waals surface area contributed by atoms with Gasteiger partial charge in [-0.1, -0.05) is 18.2 Å². The van der Waals surface area contributed by atoms with Crippen LogP contribution in [0, 0.1) is 34.6 Å². The lowest BCUT2D eigenvalue weighted by molar-refractivity contribution is 0.817. The second-order valence-electron chi connectivity index (χ2n) is 7.61. The highest BCUT2D eigenvalue weighted by molar-refractivity contribution is 5.64. The van der Waals surface area contributed by atoms with E-state index in [1.54, 1.807) is 6.20 Å². The number of pyridine rings is 2. The highest BCUT2D eigenvalue weighted by atomic mass is 15.3. The van der Waals surface area contributed by atoms with E-state index in [0.717, 1.165) is 28.3 Å². The number of hydrogen-bond donors (Lipinski definition) is 0. The fourth-order valence-corrected chi connectivity index (χ4v) is 3.72. The molecule has 0 fully saturated rings. The third-order valence-electron chi connectivity index (χ3n) is 5.94. The topological polar surface area (TPSA) is 43.6 Å². The normalized spacial score (nSPS) is 11.1. The van der Waals surface area contributed by atoms with E-state index in [1.807, 2.05) is 35.1 Å². The van der Waals surface area contributed by atoms with E-state index in [-0.39, 0.29) is 0 Å². The molecule has 0 aliphatic rings. The molecule has 1 aromatic carbocycles. The Bertz CT molecular complexity index is 1160. The Hall–Kier alpha value is -3.27. The summed E-state index contributed by atoms with van der Waals surface area (Å²) in [5, 5.41) is 4.93. The van der Waals surface area contributed by atoms with Crippen molar-refractivity contribution >= 4 is 0 Å². The summed E-state index contributed by atoms with van der Waals surface area (Å²) in [6.45, 7) is 10.8. The van der Waals surface area contributed by atoms with Crippen LogP contribution in [0.3, 0.4) is 0 Å². The minimum Gasteiger partial charge on any atom is -0.264 e. The quantitative estimate of drug-likeness (QED) is 0.470. The summed E-state index contributed by atoms with van der Waals surface area (Å²) >= 11 is 0. The van der Waals surface area contributed by atoms with Gasteiger partial charge in [0.2, 0.25) is 0 Å². The highest BCUT2D eigenvalue weighted by Gasteiger charge is 2.17. The van der Waals surface area contributed by atoms with E-state index in [0.29, 0.717) is 6.42 Å². The van der Waals surface area contributed by atoms with Gasteiger partial charge in [0.15, 0.2) is 0 Å². The maximum Gasteiger partial charge on any atom is 0.0752 e. The second-order valence-corrected chi connectivity index (χ2v) is 7.61. The summed E-state index contributed by atoms with van der Waals surface area (Å²) in [5.74, 6) is 0. The summed E-state index contributed by atoms with van der Waals surface area (Å²) in [4.78, 5) is 9.34. The first-order valence-electron chi connectivity index (χ1n) is 9.95. The lowest BCUT2D eigenvalue weighted by atomic mass is 9.96. The van der Waals surface area contributed by atoms with Crippen LogP contribution in [-0.2, 0) is 6.42 Å². The highest BCUT2D eigenvalue weighted by Crippen LogP contribution is 2.28. The fraction of sp³-hybridized carbons (Fsp3) is 0.240. The zero-order chi connectivity index (χ0) is 20.5. The molecular formula is C25H26N4. The Morgan fingerprint density at radius 2 is 1.52 bits per heavy atom.